The molecule has 1 aromatic heterocycles. The molecule has 0 radical (unpaired) electrons. The number of ether oxygens (including phenoxy) is 4. The molecule has 7 atom stereocenters. The van der Waals surface area contributed by atoms with Gasteiger partial charge >= 0.3 is 17.9 Å². The van der Waals surface area contributed by atoms with E-state index in [1.807, 2.05) is 60.7 Å². The molecule has 2 aromatic carbocycles. The lowest BCUT2D eigenvalue weighted by Crippen LogP contribution is -2.39. The van der Waals surface area contributed by atoms with Crippen molar-refractivity contribution < 1.29 is 53.4 Å². The second kappa shape index (κ2) is 16.1. The zero-order valence-corrected chi connectivity index (χ0v) is 26.4. The van der Waals surface area contributed by atoms with Gasteiger partial charge in [0, 0.05) is 18.7 Å². The topological polar surface area (TPSA) is 179 Å². The van der Waals surface area contributed by atoms with Crippen molar-refractivity contribution in [2.45, 2.75) is 57.5 Å². The van der Waals surface area contributed by atoms with Gasteiger partial charge in [0.1, 0.15) is 31.0 Å². The number of benzene rings is 2. The Morgan fingerprint density at radius 3 is 1.85 bits per heavy atom. The molecule has 2 aliphatic rings. The van der Waals surface area contributed by atoms with E-state index in [1.165, 1.54) is 26.3 Å². The lowest BCUT2D eigenvalue weighted by Gasteiger charge is -2.25. The van der Waals surface area contributed by atoms with Crippen LogP contribution in [0, 0.1) is 17.8 Å². The van der Waals surface area contributed by atoms with Gasteiger partial charge in [-0.2, -0.15) is 0 Å². The largest absolute Gasteiger partial charge is 0.503 e. The summed E-state index contributed by atoms with van der Waals surface area (Å²) in [6, 6.07) is 20.2. The molecule has 2 fully saturated rings. The van der Waals surface area contributed by atoms with Crippen molar-refractivity contribution >= 4 is 23.7 Å². The lowest BCUT2D eigenvalue weighted by molar-refractivity contribution is -0.160. The molecule has 2 saturated heterocycles. The van der Waals surface area contributed by atoms with Crippen molar-refractivity contribution in [1.29, 1.82) is 0 Å². The quantitative estimate of drug-likeness (QED) is 0.185. The summed E-state index contributed by atoms with van der Waals surface area (Å²) in [6.45, 7) is 2.79. The number of cyclic esters (lactones) is 3. The Kier molecular flexibility index (Phi) is 12.0. The van der Waals surface area contributed by atoms with Gasteiger partial charge in [-0.1, -0.05) is 60.7 Å². The second-order valence-electron chi connectivity index (χ2n) is 11.5. The zero-order valence-electron chi connectivity index (χ0n) is 26.4. The fourth-order valence-corrected chi connectivity index (χ4v) is 5.39. The number of hydrogen-bond acceptors (Lipinski definition) is 12. The number of esters is 3. The van der Waals surface area contributed by atoms with Crippen molar-refractivity contribution in [3.8, 4) is 11.5 Å². The Morgan fingerprint density at radius 1 is 0.809 bits per heavy atom. The predicted molar refractivity (Wildman–Crippen MR) is 166 cm³/mol. The molecule has 47 heavy (non-hydrogen) atoms. The number of Topliss-reactive ketones (excluding diaryl/α,β-unsaturated/α-hetero) is 1. The van der Waals surface area contributed by atoms with Crippen LogP contribution in [0.5, 0.6) is 11.5 Å². The highest BCUT2D eigenvalue weighted by Crippen LogP contribution is 2.30. The summed E-state index contributed by atoms with van der Waals surface area (Å²) in [7, 11) is 1.33. The summed E-state index contributed by atoms with van der Waals surface area (Å²) < 4.78 is 20.6. The van der Waals surface area contributed by atoms with Crippen LogP contribution in [0.3, 0.4) is 0 Å². The maximum Gasteiger partial charge on any atom is 0.313 e. The molecule has 3 N–H and O–H groups in total. The molecule has 250 valence electrons. The van der Waals surface area contributed by atoms with Crippen LogP contribution < -0.4 is 4.74 Å². The molecular weight excluding hydrogens is 610 g/mol. The van der Waals surface area contributed by atoms with E-state index in [-0.39, 0.29) is 29.9 Å². The molecule has 3 aromatic rings. The maximum absolute atomic E-state index is 12.7. The van der Waals surface area contributed by atoms with Crippen molar-refractivity contribution in [1.82, 2.24) is 4.98 Å². The molecule has 0 saturated carbocycles. The van der Waals surface area contributed by atoms with E-state index >= 15 is 0 Å². The van der Waals surface area contributed by atoms with E-state index in [9.17, 15) is 34.5 Å². The first-order valence-corrected chi connectivity index (χ1v) is 15.3. The minimum atomic E-state index is -1.29. The SMILES string of the molecule is COc1ccnc(C(=O)C[C@H]2COC(=O)[C@H](Cc3ccccc3)[C@@H](O)[C@H](C)OC2=O)c1O.C[C@@H]1OC(=O)[C@H](Cc2ccccc2)[C@H]1O. The standard InChI is InChI=1S/C23H25NO8.C12H14O3/c1-13-20(26)16(10-14-6-4-3-5-7-14)23(29)31-12-15(22(28)32-13)11-17(25)19-21(27)18(30-2)8-9-24-19;1-8-11(13)10(12(14)15-8)7-9-5-3-2-4-6-9/h3-9,13,15-16,20,26-27H,10-12H2,1-2H3;2-6,8,10-11,13H,7H2,1H3/t13-,15-,16+,20-;8-,10+,11-/m00/s1. The number of rotatable bonds is 8. The molecular formula is C35H39NO11. The molecule has 3 heterocycles. The highest BCUT2D eigenvalue weighted by atomic mass is 16.6. The number of nitrogens with zero attached hydrogens (tertiary/aromatic N) is 1. The minimum absolute atomic E-state index is 0.0623. The third-order valence-electron chi connectivity index (χ3n) is 8.16. The average molecular weight is 650 g/mol. The van der Waals surface area contributed by atoms with Crippen LogP contribution in [0.15, 0.2) is 72.9 Å². The number of methoxy groups -OCH3 is 1. The van der Waals surface area contributed by atoms with E-state index in [1.54, 1.807) is 6.92 Å². The van der Waals surface area contributed by atoms with E-state index in [0.29, 0.717) is 6.42 Å². The second-order valence-corrected chi connectivity index (χ2v) is 11.5. The van der Waals surface area contributed by atoms with Crippen LogP contribution in [0.2, 0.25) is 0 Å². The van der Waals surface area contributed by atoms with Gasteiger partial charge in [-0.15, -0.1) is 0 Å². The fraction of sp³-hybridized carbons (Fsp3) is 0.400. The van der Waals surface area contributed by atoms with Gasteiger partial charge in [-0.05, 0) is 37.8 Å². The lowest BCUT2D eigenvalue weighted by atomic mass is 9.91. The van der Waals surface area contributed by atoms with Gasteiger partial charge in [-0.3, -0.25) is 19.2 Å². The number of carbonyl (C=O) groups excluding carboxylic acids is 4. The number of carbonyl (C=O) groups is 4. The highest BCUT2D eigenvalue weighted by molar-refractivity contribution is 5.99. The van der Waals surface area contributed by atoms with Gasteiger partial charge < -0.3 is 34.3 Å². The number of aliphatic hydroxyl groups is 2. The van der Waals surface area contributed by atoms with Crippen LogP contribution in [0.25, 0.3) is 0 Å². The van der Waals surface area contributed by atoms with Crippen LogP contribution in [0.1, 0.15) is 41.9 Å². The van der Waals surface area contributed by atoms with Gasteiger partial charge in [0.15, 0.2) is 23.0 Å². The zero-order chi connectivity index (χ0) is 34.1. The van der Waals surface area contributed by atoms with Gasteiger partial charge in [-0.25, -0.2) is 4.98 Å². The number of ketones is 1. The number of aromatic nitrogens is 1. The van der Waals surface area contributed by atoms with Crippen LogP contribution in [0.4, 0.5) is 0 Å². The van der Waals surface area contributed by atoms with Crippen LogP contribution >= 0.6 is 0 Å². The van der Waals surface area contributed by atoms with Crippen molar-refractivity contribution in [3.63, 3.8) is 0 Å². The van der Waals surface area contributed by atoms with E-state index in [0.717, 1.165) is 11.1 Å². The number of pyridine rings is 1. The Balaban J connectivity index is 0.000000277. The summed E-state index contributed by atoms with van der Waals surface area (Å²) in [6.07, 6.45) is -1.72. The minimum Gasteiger partial charge on any atom is -0.503 e. The van der Waals surface area contributed by atoms with Crippen molar-refractivity contribution in [3.05, 3.63) is 89.7 Å². The number of hydrogen-bond donors (Lipinski definition) is 3. The third kappa shape index (κ3) is 8.93. The molecule has 0 aliphatic carbocycles. The number of aliphatic hydroxyl groups excluding tert-OH is 2. The number of aromatic hydroxyl groups is 1. The smallest absolute Gasteiger partial charge is 0.313 e. The predicted octanol–water partition coefficient (Wildman–Crippen LogP) is 2.84. The molecule has 0 spiro atoms. The van der Waals surface area contributed by atoms with Gasteiger partial charge in [0.2, 0.25) is 0 Å². The Labute approximate surface area is 272 Å². The molecule has 0 bridgehead atoms. The Morgan fingerprint density at radius 2 is 1.32 bits per heavy atom. The van der Waals surface area contributed by atoms with E-state index in [4.69, 9.17) is 18.9 Å². The summed E-state index contributed by atoms with van der Waals surface area (Å²) in [5.41, 5.74) is 1.60. The van der Waals surface area contributed by atoms with Crippen LogP contribution in [-0.2, 0) is 41.4 Å². The summed E-state index contributed by atoms with van der Waals surface area (Å²) in [5, 5.41) is 30.5. The van der Waals surface area contributed by atoms with E-state index < -0.39 is 72.6 Å². The van der Waals surface area contributed by atoms with Crippen molar-refractivity contribution in [2.75, 3.05) is 13.7 Å². The fourth-order valence-electron chi connectivity index (χ4n) is 5.39. The Hall–Kier alpha value is -4.81. The molecule has 2 aliphatic heterocycles. The average Bonchev–Trinajstić information content (AvgIpc) is 3.32. The molecule has 5 rings (SSSR count). The van der Waals surface area contributed by atoms with Crippen LogP contribution in [-0.4, -0.2) is 82.1 Å². The summed E-state index contributed by atoms with van der Waals surface area (Å²) in [4.78, 5) is 53.3. The molecule has 12 nitrogen and oxygen atoms in total. The summed E-state index contributed by atoms with van der Waals surface area (Å²) >= 11 is 0. The van der Waals surface area contributed by atoms with Crippen molar-refractivity contribution in [2.24, 2.45) is 17.8 Å². The van der Waals surface area contributed by atoms with E-state index in [2.05, 4.69) is 4.98 Å². The third-order valence-corrected chi connectivity index (χ3v) is 8.16. The highest BCUT2D eigenvalue weighted by Gasteiger charge is 2.41. The van der Waals surface area contributed by atoms with Gasteiger partial charge in [0.25, 0.3) is 0 Å². The first kappa shape index (κ1) is 35.1. The summed E-state index contributed by atoms with van der Waals surface area (Å²) in [5.74, 6) is -5.28. The maximum atomic E-state index is 12.7. The van der Waals surface area contributed by atoms with Gasteiger partial charge in [0.05, 0.1) is 24.9 Å². The molecule has 0 unspecified atom stereocenters. The monoisotopic (exact) mass is 649 g/mol. The Bertz CT molecular complexity index is 1530. The molecule has 0 amide bonds. The normalized spacial score (nSPS) is 25.9. The first-order valence-electron chi connectivity index (χ1n) is 15.3. The first-order chi connectivity index (χ1) is 22.5. The molecule has 12 heteroatoms.